The highest BCUT2D eigenvalue weighted by Gasteiger charge is 2.33. The molecule has 1 aromatic heterocycles. The molecule has 0 radical (unpaired) electrons. The van der Waals surface area contributed by atoms with Crippen molar-refractivity contribution in [2.45, 2.75) is 33.1 Å². The molecular formula is C24H29N3O3. The maximum absolute atomic E-state index is 12.6. The molecule has 0 spiro atoms. The molecule has 2 heterocycles. The average molecular weight is 408 g/mol. The Hall–Kier alpha value is -3.15. The number of aromatic nitrogens is 1. The number of anilines is 1. The minimum absolute atomic E-state index is 0.0652. The smallest absolute Gasteiger partial charge is 0.318 e. The minimum atomic E-state index is -0.488. The molecule has 1 amide bonds. The summed E-state index contributed by atoms with van der Waals surface area (Å²) in [4.78, 5) is 31.2. The first-order valence-corrected chi connectivity index (χ1v) is 10.5. The van der Waals surface area contributed by atoms with Crippen molar-refractivity contribution in [1.29, 1.82) is 0 Å². The monoisotopic (exact) mass is 407 g/mol. The molecule has 0 fully saturated rings. The first-order valence-electron chi connectivity index (χ1n) is 10.5. The van der Waals surface area contributed by atoms with Gasteiger partial charge >= 0.3 is 5.97 Å². The van der Waals surface area contributed by atoms with Crippen LogP contribution in [0, 0.1) is 5.92 Å². The number of nitrogens with one attached hydrogen (secondary N) is 1. The number of esters is 1. The molecular weight excluding hydrogens is 378 g/mol. The lowest BCUT2D eigenvalue weighted by Crippen LogP contribution is -2.30. The zero-order valence-corrected chi connectivity index (χ0v) is 17.8. The number of hydrogen-bond acceptors (Lipinski definition) is 5. The Kier molecular flexibility index (Phi) is 7.22. The van der Waals surface area contributed by atoms with E-state index in [-0.39, 0.29) is 17.8 Å². The van der Waals surface area contributed by atoms with Crippen molar-refractivity contribution in [2.24, 2.45) is 5.92 Å². The third kappa shape index (κ3) is 5.06. The highest BCUT2D eigenvalue weighted by Crippen LogP contribution is 2.40. The van der Waals surface area contributed by atoms with Crippen LogP contribution in [0.5, 0.6) is 5.75 Å². The lowest BCUT2D eigenvalue weighted by molar-refractivity contribution is -0.139. The van der Waals surface area contributed by atoms with E-state index in [2.05, 4.69) is 35.1 Å². The molecule has 6 heteroatoms. The van der Waals surface area contributed by atoms with Gasteiger partial charge in [-0.3, -0.25) is 14.6 Å². The molecule has 1 aliphatic heterocycles. The van der Waals surface area contributed by atoms with Crippen molar-refractivity contribution < 1.29 is 14.3 Å². The fraction of sp³-hybridized carbons (Fsp3) is 0.375. The summed E-state index contributed by atoms with van der Waals surface area (Å²) in [7, 11) is 0. The van der Waals surface area contributed by atoms with Gasteiger partial charge in [0.2, 0.25) is 5.91 Å². The van der Waals surface area contributed by atoms with E-state index in [1.165, 1.54) is 6.08 Å². The Balaban J connectivity index is 1.62. The molecule has 158 valence electrons. The van der Waals surface area contributed by atoms with E-state index in [0.717, 1.165) is 30.0 Å². The fourth-order valence-electron chi connectivity index (χ4n) is 3.70. The number of rotatable bonds is 8. The summed E-state index contributed by atoms with van der Waals surface area (Å²) in [6, 6.07) is 11.7. The van der Waals surface area contributed by atoms with Crippen molar-refractivity contribution >= 4 is 17.6 Å². The van der Waals surface area contributed by atoms with Crippen LogP contribution in [0.15, 0.2) is 54.7 Å². The van der Waals surface area contributed by atoms with E-state index in [1.54, 1.807) is 12.3 Å². The average Bonchev–Trinajstić information content (AvgIpc) is 2.75. The number of carbonyl (C=O) groups is 2. The lowest BCUT2D eigenvalue weighted by Gasteiger charge is -2.29. The van der Waals surface area contributed by atoms with E-state index >= 15 is 0 Å². The van der Waals surface area contributed by atoms with Crippen LogP contribution in [0.4, 0.5) is 5.69 Å². The van der Waals surface area contributed by atoms with E-state index < -0.39 is 5.92 Å². The summed E-state index contributed by atoms with van der Waals surface area (Å²) >= 11 is 0. The summed E-state index contributed by atoms with van der Waals surface area (Å²) in [5.74, 6) is -0.498. The molecule has 2 aromatic rings. The van der Waals surface area contributed by atoms with Gasteiger partial charge in [0.1, 0.15) is 5.75 Å². The van der Waals surface area contributed by atoms with Gasteiger partial charge in [0.15, 0.2) is 0 Å². The summed E-state index contributed by atoms with van der Waals surface area (Å²) in [6.45, 7) is 8.45. The van der Waals surface area contributed by atoms with Gasteiger partial charge in [0, 0.05) is 55.6 Å². The van der Waals surface area contributed by atoms with Crippen LogP contribution in [-0.4, -0.2) is 36.5 Å². The van der Waals surface area contributed by atoms with Crippen LogP contribution in [-0.2, 0) is 16.0 Å². The minimum Gasteiger partial charge on any atom is -0.426 e. The molecule has 0 saturated heterocycles. The fourth-order valence-corrected chi connectivity index (χ4v) is 3.70. The summed E-state index contributed by atoms with van der Waals surface area (Å²) < 4.78 is 5.61. The molecule has 30 heavy (non-hydrogen) atoms. The second kappa shape index (κ2) is 10.1. The van der Waals surface area contributed by atoms with Crippen molar-refractivity contribution in [3.63, 3.8) is 0 Å². The van der Waals surface area contributed by atoms with Crippen LogP contribution >= 0.6 is 0 Å². The zero-order chi connectivity index (χ0) is 21.5. The van der Waals surface area contributed by atoms with Gasteiger partial charge < -0.3 is 15.0 Å². The largest absolute Gasteiger partial charge is 0.426 e. The number of carbonyl (C=O) groups excluding carboxylic acids is 2. The highest BCUT2D eigenvalue weighted by atomic mass is 16.5. The predicted octanol–water partition coefficient (Wildman–Crippen LogP) is 3.48. The summed E-state index contributed by atoms with van der Waals surface area (Å²) in [6.07, 6.45) is 5.46. The normalized spacial score (nSPS) is 18.0. The Morgan fingerprint density at radius 3 is 2.73 bits per heavy atom. The Bertz CT molecular complexity index is 907. The quantitative estimate of drug-likeness (QED) is 0.412. The van der Waals surface area contributed by atoms with Crippen LogP contribution in [0.1, 0.15) is 37.9 Å². The van der Waals surface area contributed by atoms with Crippen molar-refractivity contribution in [1.82, 2.24) is 10.3 Å². The lowest BCUT2D eigenvalue weighted by atomic mass is 9.84. The van der Waals surface area contributed by atoms with Crippen molar-refractivity contribution in [3.05, 3.63) is 66.0 Å². The second-order valence-corrected chi connectivity index (χ2v) is 7.35. The molecule has 2 unspecified atom stereocenters. The van der Waals surface area contributed by atoms with E-state index in [4.69, 9.17) is 4.74 Å². The van der Waals surface area contributed by atoms with Crippen LogP contribution in [0.25, 0.3) is 0 Å². The van der Waals surface area contributed by atoms with Crippen molar-refractivity contribution in [2.75, 3.05) is 24.5 Å². The third-order valence-electron chi connectivity index (χ3n) is 5.50. The Labute approximate surface area is 178 Å². The molecule has 6 nitrogen and oxygen atoms in total. The maximum Gasteiger partial charge on any atom is 0.318 e. The van der Waals surface area contributed by atoms with Crippen molar-refractivity contribution in [3.8, 4) is 5.75 Å². The molecule has 3 rings (SSSR count). The number of fused-ring (bicyclic) bond motifs is 1. The molecule has 1 N–H and O–H groups in total. The molecule has 1 aromatic carbocycles. The number of amides is 1. The van der Waals surface area contributed by atoms with E-state index in [1.807, 2.05) is 37.3 Å². The third-order valence-corrected chi connectivity index (χ3v) is 5.50. The van der Waals surface area contributed by atoms with Gasteiger partial charge in [-0.25, -0.2) is 0 Å². The molecule has 0 aliphatic carbocycles. The summed E-state index contributed by atoms with van der Waals surface area (Å²) in [5.41, 5.74) is 2.95. The Morgan fingerprint density at radius 2 is 2.03 bits per heavy atom. The van der Waals surface area contributed by atoms with Gasteiger partial charge in [-0.2, -0.15) is 0 Å². The van der Waals surface area contributed by atoms with Gasteiger partial charge in [0.05, 0.1) is 5.92 Å². The molecule has 1 aliphatic rings. The first-order chi connectivity index (χ1) is 14.5. The standard InChI is InChI=1S/C24H29N3O3/c1-4-27(5-2)19-9-10-20-17(3)21(24(29)30-22(20)16-19)11-12-23(28)26-15-13-18-8-6-7-14-25-18/h6-12,14,16-17,21H,4-5,13,15H2,1-3H3,(H,26,28). The predicted molar refractivity (Wildman–Crippen MR) is 118 cm³/mol. The van der Waals surface area contributed by atoms with Crippen LogP contribution in [0.2, 0.25) is 0 Å². The number of pyridine rings is 1. The number of benzene rings is 1. The van der Waals surface area contributed by atoms with E-state index in [9.17, 15) is 9.59 Å². The zero-order valence-electron chi connectivity index (χ0n) is 17.8. The van der Waals surface area contributed by atoms with Gasteiger partial charge in [-0.15, -0.1) is 0 Å². The Morgan fingerprint density at radius 1 is 1.23 bits per heavy atom. The molecule has 0 saturated carbocycles. The van der Waals surface area contributed by atoms with Crippen LogP contribution < -0.4 is 15.0 Å². The maximum atomic E-state index is 12.6. The molecule has 0 bridgehead atoms. The number of nitrogens with zero attached hydrogens (tertiary/aromatic N) is 2. The van der Waals surface area contributed by atoms with Gasteiger partial charge in [-0.1, -0.05) is 25.1 Å². The summed E-state index contributed by atoms with van der Waals surface area (Å²) in [5, 5.41) is 2.83. The number of hydrogen-bond donors (Lipinski definition) is 1. The SMILES string of the molecule is CCN(CC)c1ccc2c(c1)OC(=O)C(C=CC(=O)NCCc1ccccn1)C2C. The van der Waals surface area contributed by atoms with Gasteiger partial charge in [-0.05, 0) is 43.7 Å². The highest BCUT2D eigenvalue weighted by molar-refractivity contribution is 5.89. The number of ether oxygens (including phenoxy) is 1. The van der Waals surface area contributed by atoms with E-state index in [0.29, 0.717) is 18.7 Å². The molecule has 2 atom stereocenters. The topological polar surface area (TPSA) is 71.5 Å². The first kappa shape index (κ1) is 21.6. The van der Waals surface area contributed by atoms with Gasteiger partial charge in [0.25, 0.3) is 0 Å². The second-order valence-electron chi connectivity index (χ2n) is 7.35. The van der Waals surface area contributed by atoms with Crippen LogP contribution in [0.3, 0.4) is 0 Å².